The van der Waals surface area contributed by atoms with Crippen molar-refractivity contribution < 1.29 is 9.47 Å². The van der Waals surface area contributed by atoms with Gasteiger partial charge in [0.05, 0.1) is 25.0 Å². The minimum atomic E-state index is -0.420. The molecule has 0 unspecified atom stereocenters. The number of hydrogen-bond donors (Lipinski definition) is 2. The summed E-state index contributed by atoms with van der Waals surface area (Å²) in [5.41, 5.74) is 15.2. The third-order valence-electron chi connectivity index (χ3n) is 5.76. The van der Waals surface area contributed by atoms with Crippen molar-refractivity contribution in [3.05, 3.63) is 41.0 Å². The van der Waals surface area contributed by atoms with E-state index in [1.54, 1.807) is 0 Å². The number of nitrogens with two attached hydrogens (primary N) is 2. The molecule has 27 heavy (non-hydrogen) atoms. The number of hydrogen-bond acceptors (Lipinski definition) is 5. The van der Waals surface area contributed by atoms with Gasteiger partial charge in [-0.15, -0.1) is 0 Å². The van der Waals surface area contributed by atoms with Gasteiger partial charge in [0.2, 0.25) is 0 Å². The van der Waals surface area contributed by atoms with E-state index >= 15 is 0 Å². The Morgan fingerprint density at radius 2 is 1.67 bits per heavy atom. The first-order chi connectivity index (χ1) is 13.1. The van der Waals surface area contributed by atoms with E-state index in [0.717, 1.165) is 31.2 Å². The van der Waals surface area contributed by atoms with Crippen LogP contribution in [0, 0.1) is 11.3 Å². The lowest BCUT2D eigenvalue weighted by Crippen LogP contribution is -2.37. The molecule has 3 fully saturated rings. The number of nitrogens with zero attached hydrogens (tertiary/aromatic N) is 2. The van der Waals surface area contributed by atoms with Crippen molar-refractivity contribution in [2.75, 3.05) is 13.2 Å². The van der Waals surface area contributed by atoms with E-state index in [-0.39, 0.29) is 17.5 Å². The average Bonchev–Trinajstić information content (AvgIpc) is 3.45. The first kappa shape index (κ1) is 18.0. The van der Waals surface area contributed by atoms with E-state index in [0.29, 0.717) is 24.8 Å². The Kier molecular flexibility index (Phi) is 4.90. The summed E-state index contributed by atoms with van der Waals surface area (Å²) in [6, 6.07) is 10.3. The average molecular weight is 366 g/mol. The molecule has 3 aliphatic rings. The first-order valence-corrected chi connectivity index (χ1v) is 9.72. The summed E-state index contributed by atoms with van der Waals surface area (Å²) < 4.78 is 11.5. The van der Waals surface area contributed by atoms with Gasteiger partial charge in [0, 0.05) is 12.8 Å². The predicted octanol–water partition coefficient (Wildman–Crippen LogP) is 2.80. The smallest absolute Gasteiger partial charge is 0.168 e. The van der Waals surface area contributed by atoms with Crippen LogP contribution in [0.2, 0.25) is 0 Å². The molecule has 4 rings (SSSR count). The van der Waals surface area contributed by atoms with Gasteiger partial charge in [-0.3, -0.25) is 4.99 Å². The molecule has 2 aliphatic carbocycles. The van der Waals surface area contributed by atoms with Gasteiger partial charge >= 0.3 is 0 Å². The van der Waals surface area contributed by atoms with Crippen molar-refractivity contribution in [2.45, 2.75) is 56.3 Å². The highest BCUT2D eigenvalue weighted by atomic mass is 16.7. The summed E-state index contributed by atoms with van der Waals surface area (Å²) in [4.78, 5) is 4.59. The fraction of sp³-hybridized carbons (Fsp3) is 0.524. The topological polar surface area (TPSA) is 107 Å². The molecule has 1 aliphatic heterocycles. The van der Waals surface area contributed by atoms with Gasteiger partial charge in [-0.2, -0.15) is 5.26 Å². The van der Waals surface area contributed by atoms with Crippen molar-refractivity contribution in [1.82, 2.24) is 0 Å². The quantitative estimate of drug-likeness (QED) is 0.484. The molecule has 0 amide bonds. The predicted molar refractivity (Wildman–Crippen MR) is 104 cm³/mol. The van der Waals surface area contributed by atoms with Crippen molar-refractivity contribution in [3.63, 3.8) is 0 Å². The van der Waals surface area contributed by atoms with Crippen LogP contribution < -0.4 is 11.5 Å². The summed E-state index contributed by atoms with van der Waals surface area (Å²) in [6.07, 6.45) is 5.78. The molecule has 1 spiro atoms. The Morgan fingerprint density at radius 1 is 1.04 bits per heavy atom. The fourth-order valence-corrected chi connectivity index (χ4v) is 3.97. The van der Waals surface area contributed by atoms with E-state index in [1.165, 1.54) is 18.4 Å². The molecular weight excluding hydrogens is 340 g/mol. The fourth-order valence-electron chi connectivity index (χ4n) is 3.97. The Bertz CT molecular complexity index is 786. The lowest BCUT2D eigenvalue weighted by molar-refractivity contribution is -0.178. The zero-order valence-corrected chi connectivity index (χ0v) is 15.5. The maximum atomic E-state index is 9.59. The van der Waals surface area contributed by atoms with Crippen LogP contribution in [0.5, 0.6) is 0 Å². The highest BCUT2D eigenvalue weighted by Crippen LogP contribution is 2.40. The lowest BCUT2D eigenvalue weighted by atomic mass is 9.90. The molecule has 6 heteroatoms. The normalized spacial score (nSPS) is 23.9. The Hall–Kier alpha value is -2.36. The largest absolute Gasteiger partial charge is 0.397 e. The molecule has 1 aromatic carbocycles. The van der Waals surface area contributed by atoms with Crippen LogP contribution in [-0.4, -0.2) is 30.9 Å². The van der Waals surface area contributed by atoms with Gasteiger partial charge in [-0.25, -0.2) is 0 Å². The van der Waals surface area contributed by atoms with Crippen molar-refractivity contribution in [3.8, 4) is 6.07 Å². The molecule has 1 aromatic rings. The first-order valence-electron chi connectivity index (χ1n) is 9.72. The van der Waals surface area contributed by atoms with Crippen LogP contribution in [0.3, 0.4) is 0 Å². The highest BCUT2D eigenvalue weighted by molar-refractivity contribution is 6.07. The van der Waals surface area contributed by atoms with Crippen LogP contribution in [-0.2, 0) is 9.47 Å². The van der Waals surface area contributed by atoms with Gasteiger partial charge < -0.3 is 20.9 Å². The molecule has 0 atom stereocenters. The molecule has 6 nitrogen and oxygen atoms in total. The van der Waals surface area contributed by atoms with Crippen LogP contribution in [0.4, 0.5) is 0 Å². The molecule has 2 saturated carbocycles. The number of ether oxygens (including phenoxy) is 2. The molecule has 142 valence electrons. The molecule has 0 radical (unpaired) electrons. The minimum absolute atomic E-state index is 0.0665. The second-order valence-electron chi connectivity index (χ2n) is 7.65. The summed E-state index contributed by atoms with van der Waals surface area (Å²) in [6.45, 7) is 1.32. The number of amidine groups is 1. The summed E-state index contributed by atoms with van der Waals surface area (Å²) >= 11 is 0. The Morgan fingerprint density at radius 3 is 2.22 bits per heavy atom. The molecule has 1 heterocycles. The number of nitriles is 1. The third kappa shape index (κ3) is 3.85. The van der Waals surface area contributed by atoms with E-state index in [9.17, 15) is 5.26 Å². The number of rotatable bonds is 4. The van der Waals surface area contributed by atoms with Crippen LogP contribution in [0.25, 0.3) is 5.70 Å². The highest BCUT2D eigenvalue weighted by Gasteiger charge is 2.40. The van der Waals surface area contributed by atoms with Crippen LogP contribution in [0.15, 0.2) is 34.8 Å². The SMILES string of the molecule is N#C/C(C(N)=NC1CCC2(CC1)OCCO2)=C(/N)c1ccc(C2CC2)cc1. The monoisotopic (exact) mass is 366 g/mol. The Balaban J connectivity index is 1.48. The standard InChI is InChI=1S/C21H26N4O2/c22-13-18(19(23)16-5-3-15(4-6-16)14-1-2-14)20(24)25-17-7-9-21(10-8-17)26-11-12-27-21/h3-6,14,17H,1-2,7-12,23H2,(H2,24,25)/b19-18-. The van der Waals surface area contributed by atoms with Gasteiger partial charge in [0.1, 0.15) is 17.5 Å². The van der Waals surface area contributed by atoms with Gasteiger partial charge in [0.25, 0.3) is 0 Å². The zero-order chi connectivity index (χ0) is 18.9. The molecule has 4 N–H and O–H groups in total. The van der Waals surface area contributed by atoms with Crippen molar-refractivity contribution in [1.29, 1.82) is 5.26 Å². The molecule has 1 saturated heterocycles. The summed E-state index contributed by atoms with van der Waals surface area (Å²) in [7, 11) is 0. The van der Waals surface area contributed by atoms with Gasteiger partial charge in [-0.05, 0) is 42.7 Å². The maximum absolute atomic E-state index is 9.59. The van der Waals surface area contributed by atoms with Crippen molar-refractivity contribution >= 4 is 11.5 Å². The molecular formula is C21H26N4O2. The summed E-state index contributed by atoms with van der Waals surface area (Å²) in [5, 5.41) is 9.59. The number of aliphatic imine (C=N–C) groups is 1. The minimum Gasteiger partial charge on any atom is -0.397 e. The van der Waals surface area contributed by atoms with Crippen molar-refractivity contribution in [2.24, 2.45) is 16.5 Å². The maximum Gasteiger partial charge on any atom is 0.168 e. The molecule has 0 aromatic heterocycles. The second kappa shape index (κ2) is 7.34. The van der Waals surface area contributed by atoms with E-state index < -0.39 is 5.79 Å². The zero-order valence-electron chi connectivity index (χ0n) is 15.5. The third-order valence-corrected chi connectivity index (χ3v) is 5.76. The molecule has 0 bridgehead atoms. The second-order valence-corrected chi connectivity index (χ2v) is 7.65. The van der Waals surface area contributed by atoms with E-state index in [2.05, 4.69) is 23.2 Å². The van der Waals surface area contributed by atoms with E-state index in [4.69, 9.17) is 20.9 Å². The number of benzene rings is 1. The van der Waals surface area contributed by atoms with E-state index in [1.807, 2.05) is 12.1 Å². The van der Waals surface area contributed by atoms with Crippen LogP contribution in [0.1, 0.15) is 55.6 Å². The van der Waals surface area contributed by atoms with Gasteiger partial charge in [0.15, 0.2) is 5.79 Å². The summed E-state index contributed by atoms with van der Waals surface area (Å²) in [5.74, 6) is 0.487. The van der Waals surface area contributed by atoms with Crippen LogP contribution >= 0.6 is 0 Å². The Labute approximate surface area is 159 Å². The van der Waals surface area contributed by atoms with Gasteiger partial charge in [-0.1, -0.05) is 24.3 Å². The lowest BCUT2D eigenvalue weighted by Gasteiger charge is -2.34.